The third-order valence-corrected chi connectivity index (χ3v) is 4.59. The number of nitrogens with one attached hydrogen (secondary N) is 2. The zero-order valence-corrected chi connectivity index (χ0v) is 15.3. The molecule has 28 heavy (non-hydrogen) atoms. The predicted molar refractivity (Wildman–Crippen MR) is 94.9 cm³/mol. The van der Waals surface area contributed by atoms with Crippen molar-refractivity contribution in [2.24, 2.45) is 0 Å². The fourth-order valence-corrected chi connectivity index (χ4v) is 3.14. The smallest absolute Gasteiger partial charge is 0.325 e. The minimum absolute atomic E-state index is 0.212. The predicted octanol–water partition coefficient (Wildman–Crippen LogP) is 1.16. The van der Waals surface area contributed by atoms with E-state index in [-0.39, 0.29) is 5.82 Å². The molecule has 4 rings (SSSR count). The van der Waals surface area contributed by atoms with Gasteiger partial charge in [-0.15, -0.1) is 0 Å². The van der Waals surface area contributed by atoms with Gasteiger partial charge in [-0.25, -0.2) is 4.79 Å². The van der Waals surface area contributed by atoms with E-state index in [2.05, 4.69) is 15.8 Å². The minimum Gasteiger partial charge on any atom is -0.486 e. The number of imide groups is 1. The third-order valence-electron chi connectivity index (χ3n) is 4.59. The number of hydrogen-bond acceptors (Lipinski definition) is 7. The van der Waals surface area contributed by atoms with Crippen molar-refractivity contribution >= 4 is 23.7 Å². The third kappa shape index (κ3) is 3.02. The maximum Gasteiger partial charge on any atom is 0.325 e. The van der Waals surface area contributed by atoms with Gasteiger partial charge in [-0.2, -0.15) is 0 Å². The number of carbonyl (C=O) groups excluding carboxylic acids is 3. The number of carbonyl (C=O) groups is 3. The van der Waals surface area contributed by atoms with Gasteiger partial charge in [0, 0.05) is 6.07 Å². The molecule has 1 aromatic carbocycles. The van der Waals surface area contributed by atoms with Gasteiger partial charge < -0.3 is 24.6 Å². The zero-order valence-electron chi connectivity index (χ0n) is 15.3. The molecule has 0 bridgehead atoms. The van der Waals surface area contributed by atoms with E-state index in [9.17, 15) is 14.4 Å². The Morgan fingerprint density at radius 2 is 2.00 bits per heavy atom. The summed E-state index contributed by atoms with van der Waals surface area (Å²) in [4.78, 5) is 38.4. The molecule has 2 aliphatic rings. The van der Waals surface area contributed by atoms with Gasteiger partial charge >= 0.3 is 6.03 Å². The van der Waals surface area contributed by atoms with Crippen LogP contribution in [0.1, 0.15) is 18.2 Å². The van der Waals surface area contributed by atoms with Crippen molar-refractivity contribution in [3.05, 3.63) is 35.6 Å². The maximum atomic E-state index is 13.0. The van der Waals surface area contributed by atoms with Crippen molar-refractivity contribution in [2.75, 3.05) is 25.1 Å². The van der Waals surface area contributed by atoms with Gasteiger partial charge in [-0.05, 0) is 31.5 Å². The summed E-state index contributed by atoms with van der Waals surface area (Å²) < 4.78 is 15.9. The Morgan fingerprint density at radius 1 is 1.25 bits per heavy atom. The van der Waals surface area contributed by atoms with Crippen molar-refractivity contribution in [1.82, 2.24) is 15.4 Å². The molecule has 3 heterocycles. The number of urea groups is 1. The molecule has 0 spiro atoms. The molecule has 146 valence electrons. The monoisotopic (exact) mass is 386 g/mol. The average molecular weight is 386 g/mol. The van der Waals surface area contributed by atoms with Crippen molar-refractivity contribution in [2.45, 2.75) is 19.4 Å². The second kappa shape index (κ2) is 6.55. The van der Waals surface area contributed by atoms with Crippen molar-refractivity contribution in [3.63, 3.8) is 0 Å². The van der Waals surface area contributed by atoms with E-state index in [1.165, 1.54) is 6.07 Å². The average Bonchev–Trinajstić information content (AvgIpc) is 3.17. The molecule has 2 aliphatic heterocycles. The second-order valence-corrected chi connectivity index (χ2v) is 6.68. The molecular formula is C18H18N4O6. The van der Waals surface area contributed by atoms with E-state index in [4.69, 9.17) is 14.0 Å². The molecule has 1 aromatic heterocycles. The lowest BCUT2D eigenvalue weighted by molar-refractivity contribution is -0.133. The van der Waals surface area contributed by atoms with Crippen LogP contribution in [0.2, 0.25) is 0 Å². The molecule has 0 aliphatic carbocycles. The number of hydrogen-bond donors (Lipinski definition) is 2. The fourth-order valence-electron chi connectivity index (χ4n) is 3.14. The fraction of sp³-hybridized carbons (Fsp3) is 0.333. The topological polar surface area (TPSA) is 123 Å². The first kappa shape index (κ1) is 17.8. The Kier molecular flexibility index (Phi) is 4.17. The molecule has 2 aromatic rings. The number of aromatic nitrogens is 1. The number of anilines is 1. The van der Waals surface area contributed by atoms with Gasteiger partial charge in [0.1, 0.15) is 31.1 Å². The van der Waals surface area contributed by atoms with Crippen LogP contribution in [0.4, 0.5) is 10.6 Å². The van der Waals surface area contributed by atoms with E-state index in [0.29, 0.717) is 36.0 Å². The van der Waals surface area contributed by atoms with Gasteiger partial charge in [0.05, 0.1) is 0 Å². The second-order valence-electron chi connectivity index (χ2n) is 6.68. The number of rotatable bonds is 4. The molecule has 10 heteroatoms. The lowest BCUT2D eigenvalue weighted by Gasteiger charge is -2.25. The molecule has 1 saturated heterocycles. The first-order valence-electron chi connectivity index (χ1n) is 8.64. The summed E-state index contributed by atoms with van der Waals surface area (Å²) >= 11 is 0. The SMILES string of the molecule is Cc1cc(NC(=O)CN2C(=O)N[C@](C)(c3ccc4c(c3)OCCO4)C2=O)no1. The highest BCUT2D eigenvalue weighted by Gasteiger charge is 2.49. The molecule has 2 N–H and O–H groups in total. The van der Waals surface area contributed by atoms with Crippen LogP contribution in [0.15, 0.2) is 28.8 Å². The van der Waals surface area contributed by atoms with Crippen LogP contribution in [-0.2, 0) is 15.1 Å². The number of benzene rings is 1. The maximum absolute atomic E-state index is 13.0. The van der Waals surface area contributed by atoms with Crippen LogP contribution in [0.5, 0.6) is 11.5 Å². The standard InChI is InChI=1S/C18H18N4O6/c1-10-7-14(21-28-10)19-15(23)9-22-16(24)18(2,20-17(22)25)11-3-4-12-13(8-11)27-6-5-26-12/h3-4,7-8H,5-6,9H2,1-2H3,(H,20,25)(H,19,21,23)/t18-/m1/s1. The molecule has 0 unspecified atom stereocenters. The van der Waals surface area contributed by atoms with E-state index in [0.717, 1.165) is 4.90 Å². The summed E-state index contributed by atoms with van der Waals surface area (Å²) in [6.45, 7) is 3.67. The summed E-state index contributed by atoms with van der Waals surface area (Å²) in [5, 5.41) is 8.79. The highest BCUT2D eigenvalue weighted by molar-refractivity contribution is 6.10. The number of fused-ring (bicyclic) bond motifs is 1. The van der Waals surface area contributed by atoms with E-state index in [1.807, 2.05) is 0 Å². The summed E-state index contributed by atoms with van der Waals surface area (Å²) in [6, 6.07) is 5.91. The number of aryl methyl sites for hydroxylation is 1. The van der Waals surface area contributed by atoms with E-state index < -0.39 is 29.9 Å². The van der Waals surface area contributed by atoms with Crippen LogP contribution < -0.4 is 20.1 Å². The number of ether oxygens (including phenoxy) is 2. The minimum atomic E-state index is -1.32. The normalized spacial score (nSPS) is 20.9. The Morgan fingerprint density at radius 3 is 2.71 bits per heavy atom. The highest BCUT2D eigenvalue weighted by Crippen LogP contribution is 2.36. The first-order valence-corrected chi connectivity index (χ1v) is 8.64. The quantitative estimate of drug-likeness (QED) is 0.756. The summed E-state index contributed by atoms with van der Waals surface area (Å²) in [5.41, 5.74) is -0.789. The first-order chi connectivity index (χ1) is 13.4. The summed E-state index contributed by atoms with van der Waals surface area (Å²) in [7, 11) is 0. The molecule has 1 atom stereocenters. The molecule has 4 amide bonds. The zero-order chi connectivity index (χ0) is 19.9. The Hall–Kier alpha value is -3.56. The van der Waals surface area contributed by atoms with Crippen LogP contribution in [0.25, 0.3) is 0 Å². The van der Waals surface area contributed by atoms with Crippen molar-refractivity contribution in [3.8, 4) is 11.5 Å². The lowest BCUT2D eigenvalue weighted by Crippen LogP contribution is -2.42. The highest BCUT2D eigenvalue weighted by atomic mass is 16.6. The summed E-state index contributed by atoms with van der Waals surface area (Å²) in [5.74, 6) is 0.712. The Labute approximate surface area is 159 Å². The Balaban J connectivity index is 1.52. The molecule has 0 radical (unpaired) electrons. The number of amides is 4. The van der Waals surface area contributed by atoms with Crippen LogP contribution in [0, 0.1) is 6.92 Å². The largest absolute Gasteiger partial charge is 0.486 e. The van der Waals surface area contributed by atoms with Crippen molar-refractivity contribution in [1.29, 1.82) is 0 Å². The van der Waals surface area contributed by atoms with E-state index in [1.54, 1.807) is 32.0 Å². The number of nitrogens with zero attached hydrogens (tertiary/aromatic N) is 2. The van der Waals surface area contributed by atoms with Gasteiger partial charge in [0.2, 0.25) is 5.91 Å². The molecule has 1 fully saturated rings. The van der Waals surface area contributed by atoms with Gasteiger partial charge in [0.25, 0.3) is 5.91 Å². The van der Waals surface area contributed by atoms with Crippen LogP contribution in [0.3, 0.4) is 0 Å². The summed E-state index contributed by atoms with van der Waals surface area (Å²) in [6.07, 6.45) is 0. The van der Waals surface area contributed by atoms with Gasteiger partial charge in [-0.1, -0.05) is 11.2 Å². The lowest BCUT2D eigenvalue weighted by atomic mass is 9.91. The van der Waals surface area contributed by atoms with Gasteiger partial charge in [-0.3, -0.25) is 14.5 Å². The van der Waals surface area contributed by atoms with Crippen LogP contribution >= 0.6 is 0 Å². The van der Waals surface area contributed by atoms with Crippen LogP contribution in [-0.4, -0.2) is 47.7 Å². The van der Waals surface area contributed by atoms with Gasteiger partial charge in [0.15, 0.2) is 17.3 Å². The molecular weight excluding hydrogens is 368 g/mol. The molecule has 0 saturated carbocycles. The van der Waals surface area contributed by atoms with Crippen molar-refractivity contribution < 1.29 is 28.4 Å². The Bertz CT molecular complexity index is 971. The molecule has 10 nitrogen and oxygen atoms in total. The van der Waals surface area contributed by atoms with E-state index >= 15 is 0 Å².